The van der Waals surface area contributed by atoms with Gasteiger partial charge >= 0.3 is 0 Å². The Morgan fingerprint density at radius 1 is 0.969 bits per heavy atom. The van der Waals surface area contributed by atoms with E-state index in [9.17, 15) is 14.0 Å². The number of thiophene rings is 1. The standard InChI is InChI=1S/C26H21FN2O2S/c27-20-7-5-17(6-8-20)26(31)28-13-16-11-19(15-28)25-21(9-10-24(30)29(25)14-16)23-12-18-3-1-2-4-22(18)32-23/h1-10,12,16,19H,11,13-15H2. The molecule has 2 aromatic heterocycles. The molecule has 6 heteroatoms. The Bertz CT molecular complexity index is 1370. The average molecular weight is 445 g/mol. The van der Waals surface area contributed by atoms with Crippen LogP contribution in [0.3, 0.4) is 0 Å². The number of carbonyl (C=O) groups is 1. The normalized spacial score (nSPS) is 19.7. The van der Waals surface area contributed by atoms with E-state index in [2.05, 4.69) is 18.2 Å². The lowest BCUT2D eigenvalue weighted by molar-refractivity contribution is 0.0595. The first kappa shape index (κ1) is 19.4. The third kappa shape index (κ3) is 3.17. The van der Waals surface area contributed by atoms with E-state index in [-0.39, 0.29) is 29.1 Å². The lowest BCUT2D eigenvalue weighted by atomic mass is 9.81. The number of piperidine rings is 1. The van der Waals surface area contributed by atoms with Gasteiger partial charge in [0.1, 0.15) is 5.82 Å². The van der Waals surface area contributed by atoms with Gasteiger partial charge in [-0.05, 0) is 60.2 Å². The molecule has 160 valence electrons. The molecule has 2 aliphatic heterocycles. The van der Waals surface area contributed by atoms with Crippen molar-refractivity contribution in [1.29, 1.82) is 0 Å². The molecule has 2 aromatic carbocycles. The summed E-state index contributed by atoms with van der Waals surface area (Å²) in [6.07, 6.45) is 0.967. The Kier molecular flexibility index (Phi) is 4.50. The number of rotatable bonds is 2. The van der Waals surface area contributed by atoms with Crippen molar-refractivity contribution in [2.75, 3.05) is 13.1 Å². The highest BCUT2D eigenvalue weighted by Gasteiger charge is 2.38. The van der Waals surface area contributed by atoms with Gasteiger partial charge in [-0.1, -0.05) is 18.2 Å². The summed E-state index contributed by atoms with van der Waals surface area (Å²) in [4.78, 5) is 28.9. The quantitative estimate of drug-likeness (QED) is 0.430. The predicted octanol–water partition coefficient (Wildman–Crippen LogP) is 5.13. The van der Waals surface area contributed by atoms with Gasteiger partial charge in [-0.25, -0.2) is 4.39 Å². The molecule has 2 aliphatic rings. The Balaban J connectivity index is 1.40. The zero-order valence-corrected chi connectivity index (χ0v) is 18.1. The number of carbonyl (C=O) groups excluding carboxylic acids is 1. The molecule has 1 amide bonds. The van der Waals surface area contributed by atoms with Crippen molar-refractivity contribution in [2.24, 2.45) is 5.92 Å². The largest absolute Gasteiger partial charge is 0.338 e. The Morgan fingerprint density at radius 3 is 2.59 bits per heavy atom. The number of fused-ring (bicyclic) bond motifs is 5. The average Bonchev–Trinajstić information content (AvgIpc) is 3.24. The van der Waals surface area contributed by atoms with Crippen molar-refractivity contribution in [3.63, 3.8) is 0 Å². The number of halogens is 1. The molecule has 0 aliphatic carbocycles. The van der Waals surface area contributed by atoms with Crippen molar-refractivity contribution < 1.29 is 9.18 Å². The van der Waals surface area contributed by atoms with E-state index >= 15 is 0 Å². The highest BCUT2D eigenvalue weighted by atomic mass is 32.1. The van der Waals surface area contributed by atoms with Gasteiger partial charge in [0.05, 0.1) is 0 Å². The minimum Gasteiger partial charge on any atom is -0.338 e. The molecular formula is C26H21FN2O2S. The molecule has 32 heavy (non-hydrogen) atoms. The first-order valence-corrected chi connectivity index (χ1v) is 11.7. The minimum atomic E-state index is -0.349. The molecule has 1 fully saturated rings. The number of pyridine rings is 1. The van der Waals surface area contributed by atoms with Crippen molar-refractivity contribution in [3.05, 3.63) is 94.2 Å². The summed E-state index contributed by atoms with van der Waals surface area (Å²) in [5.74, 6) is -0.0878. The second-order valence-corrected chi connectivity index (χ2v) is 9.83. The Labute approximate surface area is 188 Å². The highest BCUT2D eigenvalue weighted by Crippen LogP contribution is 2.43. The molecule has 0 spiro atoms. The molecule has 2 unspecified atom stereocenters. The van der Waals surface area contributed by atoms with Gasteiger partial charge < -0.3 is 9.47 Å². The van der Waals surface area contributed by atoms with Gasteiger partial charge in [-0.3, -0.25) is 9.59 Å². The summed E-state index contributed by atoms with van der Waals surface area (Å²) < 4.78 is 16.5. The van der Waals surface area contributed by atoms with Crippen molar-refractivity contribution in [3.8, 4) is 10.4 Å². The predicted molar refractivity (Wildman–Crippen MR) is 125 cm³/mol. The lowest BCUT2D eigenvalue weighted by Gasteiger charge is -2.43. The lowest BCUT2D eigenvalue weighted by Crippen LogP contribution is -2.49. The maximum Gasteiger partial charge on any atom is 0.253 e. The van der Waals surface area contributed by atoms with E-state index in [4.69, 9.17) is 0 Å². The maximum atomic E-state index is 13.3. The number of aromatic nitrogens is 1. The van der Waals surface area contributed by atoms with Crippen LogP contribution in [0.25, 0.3) is 20.5 Å². The van der Waals surface area contributed by atoms with Crippen LogP contribution in [0, 0.1) is 11.7 Å². The second-order valence-electron chi connectivity index (χ2n) is 8.75. The zero-order chi connectivity index (χ0) is 21.8. The van der Waals surface area contributed by atoms with Crippen molar-refractivity contribution >= 4 is 27.3 Å². The molecule has 4 aromatic rings. The highest BCUT2D eigenvalue weighted by molar-refractivity contribution is 7.22. The van der Waals surface area contributed by atoms with Gasteiger partial charge in [0.15, 0.2) is 0 Å². The smallest absolute Gasteiger partial charge is 0.253 e. The molecule has 0 saturated carbocycles. The van der Waals surface area contributed by atoms with Crippen LogP contribution in [0.2, 0.25) is 0 Å². The topological polar surface area (TPSA) is 42.3 Å². The molecular weight excluding hydrogens is 423 g/mol. The summed E-state index contributed by atoms with van der Waals surface area (Å²) in [5, 5.41) is 1.20. The Hall–Kier alpha value is -3.25. The molecule has 2 atom stereocenters. The summed E-state index contributed by atoms with van der Waals surface area (Å²) >= 11 is 1.73. The molecule has 0 N–H and O–H groups in total. The van der Waals surface area contributed by atoms with Gasteiger partial charge in [0, 0.05) is 58.0 Å². The number of hydrogen-bond donors (Lipinski definition) is 0. The first-order valence-electron chi connectivity index (χ1n) is 10.8. The molecule has 6 rings (SSSR count). The van der Waals surface area contributed by atoms with E-state index < -0.39 is 0 Å². The van der Waals surface area contributed by atoms with Crippen LogP contribution in [0.1, 0.15) is 28.4 Å². The fourth-order valence-electron chi connectivity index (χ4n) is 5.28. The fraction of sp³-hybridized carbons (Fsp3) is 0.231. The number of nitrogens with zero attached hydrogens (tertiary/aromatic N) is 2. The summed E-state index contributed by atoms with van der Waals surface area (Å²) in [5.41, 5.74) is 2.65. The maximum absolute atomic E-state index is 13.3. The molecule has 0 radical (unpaired) electrons. The van der Waals surface area contributed by atoms with Gasteiger partial charge in [0.2, 0.25) is 0 Å². The van der Waals surface area contributed by atoms with E-state index in [0.717, 1.165) is 22.6 Å². The van der Waals surface area contributed by atoms with E-state index in [1.165, 1.54) is 22.2 Å². The summed E-state index contributed by atoms with van der Waals surface area (Å²) in [6.45, 7) is 1.80. The molecule has 1 saturated heterocycles. The van der Waals surface area contributed by atoms with Crippen LogP contribution >= 0.6 is 11.3 Å². The minimum absolute atomic E-state index is 0.0258. The van der Waals surface area contributed by atoms with E-state index in [1.807, 2.05) is 27.7 Å². The van der Waals surface area contributed by atoms with Crippen LogP contribution in [-0.4, -0.2) is 28.5 Å². The van der Waals surface area contributed by atoms with Crippen molar-refractivity contribution in [1.82, 2.24) is 9.47 Å². The third-order valence-electron chi connectivity index (χ3n) is 6.66. The Morgan fingerprint density at radius 2 is 1.78 bits per heavy atom. The molecule has 2 bridgehead atoms. The number of likely N-dealkylation sites (tertiary alicyclic amines) is 1. The van der Waals surface area contributed by atoms with E-state index in [1.54, 1.807) is 29.5 Å². The summed E-state index contributed by atoms with van der Waals surface area (Å²) in [6, 6.07) is 19.8. The molecule has 4 heterocycles. The van der Waals surface area contributed by atoms with Gasteiger partial charge in [-0.15, -0.1) is 11.3 Å². The monoisotopic (exact) mass is 444 g/mol. The van der Waals surface area contributed by atoms with Crippen LogP contribution in [0.15, 0.2) is 71.5 Å². The fourth-order valence-corrected chi connectivity index (χ4v) is 6.38. The third-order valence-corrected chi connectivity index (χ3v) is 7.81. The van der Waals surface area contributed by atoms with Crippen LogP contribution in [0.4, 0.5) is 4.39 Å². The van der Waals surface area contributed by atoms with Gasteiger partial charge in [-0.2, -0.15) is 0 Å². The van der Waals surface area contributed by atoms with Crippen LogP contribution in [-0.2, 0) is 6.54 Å². The van der Waals surface area contributed by atoms with Crippen LogP contribution < -0.4 is 5.56 Å². The second kappa shape index (κ2) is 7.41. The van der Waals surface area contributed by atoms with Crippen LogP contribution in [0.5, 0.6) is 0 Å². The van der Waals surface area contributed by atoms with E-state index in [0.29, 0.717) is 25.2 Å². The number of benzene rings is 2. The zero-order valence-electron chi connectivity index (χ0n) is 17.3. The SMILES string of the molecule is O=C(c1ccc(F)cc1)N1CC2CC(C1)c1c(-c3cc4ccccc4s3)ccc(=O)n1C2. The number of hydrogen-bond acceptors (Lipinski definition) is 3. The van der Waals surface area contributed by atoms with Gasteiger partial charge in [0.25, 0.3) is 11.5 Å². The molecule has 4 nitrogen and oxygen atoms in total. The first-order chi connectivity index (χ1) is 15.6. The van der Waals surface area contributed by atoms with Crippen molar-refractivity contribution in [2.45, 2.75) is 18.9 Å². The number of amides is 1. The summed E-state index contributed by atoms with van der Waals surface area (Å²) in [7, 11) is 0.